The van der Waals surface area contributed by atoms with Crippen LogP contribution in [0.1, 0.15) is 90.0 Å². The lowest BCUT2D eigenvalue weighted by Gasteiger charge is -2.57. The van der Waals surface area contributed by atoms with Crippen LogP contribution < -0.4 is 10.1 Å². The summed E-state index contributed by atoms with van der Waals surface area (Å²) >= 11 is 0. The Labute approximate surface area is 198 Å². The molecule has 2 spiro atoms. The first-order chi connectivity index (χ1) is 15.8. The van der Waals surface area contributed by atoms with Gasteiger partial charge in [0.1, 0.15) is 12.4 Å². The Hall–Kier alpha value is -1.14. The molecule has 0 unspecified atom stereocenters. The zero-order valence-corrected chi connectivity index (χ0v) is 20.6. The van der Waals surface area contributed by atoms with Crippen molar-refractivity contribution in [2.75, 3.05) is 13.2 Å². The lowest BCUT2D eigenvalue weighted by atomic mass is 9.53. The molecule has 5 aliphatic carbocycles. The molecule has 1 N–H and O–H groups in total. The molecule has 6 aliphatic rings. The summed E-state index contributed by atoms with van der Waals surface area (Å²) in [5, 5.41) is 3.46. The highest BCUT2D eigenvalue weighted by Gasteiger charge is 2.66. The van der Waals surface area contributed by atoms with Gasteiger partial charge in [-0.05, 0) is 101 Å². The summed E-state index contributed by atoms with van der Waals surface area (Å²) in [5.74, 6) is 3.42. The van der Waals surface area contributed by atoms with E-state index in [0.29, 0.717) is 24.4 Å². The molecule has 1 aromatic rings. The third kappa shape index (κ3) is 4.24. The van der Waals surface area contributed by atoms with Crippen LogP contribution in [0.4, 0.5) is 0 Å². The summed E-state index contributed by atoms with van der Waals surface area (Å²) in [6, 6.07) is 8.71. The molecular formula is C28H41NO4. The average molecular weight is 456 g/mol. The van der Waals surface area contributed by atoms with Gasteiger partial charge in [0.25, 0.3) is 0 Å². The van der Waals surface area contributed by atoms with E-state index in [1.165, 1.54) is 37.7 Å². The van der Waals surface area contributed by atoms with Crippen LogP contribution in [0.5, 0.6) is 5.75 Å². The predicted molar refractivity (Wildman–Crippen MR) is 127 cm³/mol. The van der Waals surface area contributed by atoms with Gasteiger partial charge in [0.15, 0.2) is 0 Å². The zero-order valence-electron chi connectivity index (χ0n) is 20.6. The number of rotatable bonds is 5. The second-order valence-electron chi connectivity index (χ2n) is 12.6. The lowest BCUT2D eigenvalue weighted by molar-refractivity contribution is -0.390. The van der Waals surface area contributed by atoms with Crippen molar-refractivity contribution in [3.8, 4) is 5.75 Å². The number of hydrogen-bond donors (Lipinski definition) is 1. The van der Waals surface area contributed by atoms with E-state index >= 15 is 0 Å². The van der Waals surface area contributed by atoms with Crippen molar-refractivity contribution in [3.63, 3.8) is 0 Å². The SMILES string of the molecule is CC(C)(C)NCCOc1ccc([C@H]2CC[C@]3(CC2)OO[C@]2(O3)C3CC4CC(C3)CC2C4)cc1. The smallest absolute Gasteiger partial charge is 0.210 e. The summed E-state index contributed by atoms with van der Waals surface area (Å²) in [5.41, 5.74) is 1.52. The normalized spacial score (nSPS) is 41.8. The molecule has 1 aliphatic heterocycles. The molecule has 1 aromatic carbocycles. The third-order valence-corrected chi connectivity index (χ3v) is 9.07. The van der Waals surface area contributed by atoms with Crippen molar-refractivity contribution in [2.24, 2.45) is 23.7 Å². The van der Waals surface area contributed by atoms with Gasteiger partial charge in [-0.15, -0.1) is 0 Å². The first-order valence-corrected chi connectivity index (χ1v) is 13.4. The number of ether oxygens (including phenoxy) is 2. The van der Waals surface area contributed by atoms with Crippen molar-refractivity contribution >= 4 is 0 Å². The average Bonchev–Trinajstić information content (AvgIpc) is 3.15. The quantitative estimate of drug-likeness (QED) is 0.440. The molecule has 1 heterocycles. The van der Waals surface area contributed by atoms with Gasteiger partial charge >= 0.3 is 0 Å². The van der Waals surface area contributed by atoms with Crippen LogP contribution in [0.15, 0.2) is 24.3 Å². The standard InChI is InChI=1S/C28H41NO4/c1-26(2,3)29-12-13-30-25-6-4-21(5-7-25)22-8-10-27(11-9-22)31-28(33-32-27)23-15-19-14-20(17-23)18-24(28)16-19/h4-7,19-20,22-24,29H,8-18H2,1-3H3/t19?,20?,22-,23?,24?,27+,28-. The molecule has 5 nitrogen and oxygen atoms in total. The lowest BCUT2D eigenvalue weighted by Crippen LogP contribution is -2.59. The van der Waals surface area contributed by atoms with E-state index in [-0.39, 0.29) is 5.54 Å². The summed E-state index contributed by atoms with van der Waals surface area (Å²) in [6.07, 6.45) is 10.5. The number of nitrogens with one attached hydrogen (secondary N) is 1. The molecule has 0 amide bonds. The zero-order chi connectivity index (χ0) is 22.7. The molecule has 33 heavy (non-hydrogen) atoms. The molecule has 6 fully saturated rings. The van der Waals surface area contributed by atoms with Crippen molar-refractivity contribution in [3.05, 3.63) is 29.8 Å². The Morgan fingerprint density at radius 1 is 0.909 bits per heavy atom. The first-order valence-electron chi connectivity index (χ1n) is 13.4. The largest absolute Gasteiger partial charge is 0.492 e. The highest BCUT2D eigenvalue weighted by molar-refractivity contribution is 5.30. The van der Waals surface area contributed by atoms with Crippen molar-refractivity contribution in [2.45, 2.75) is 102 Å². The highest BCUT2D eigenvalue weighted by atomic mass is 17.3. The fourth-order valence-corrected chi connectivity index (χ4v) is 7.62. The third-order valence-electron chi connectivity index (χ3n) is 9.07. The minimum Gasteiger partial charge on any atom is -0.492 e. The van der Waals surface area contributed by atoms with Crippen molar-refractivity contribution < 1.29 is 19.2 Å². The molecule has 0 aromatic heterocycles. The van der Waals surface area contributed by atoms with E-state index in [1.807, 2.05) is 0 Å². The van der Waals surface area contributed by atoms with E-state index < -0.39 is 11.6 Å². The van der Waals surface area contributed by atoms with Crippen LogP contribution in [-0.2, 0) is 14.5 Å². The minimum atomic E-state index is -0.519. The fraction of sp³-hybridized carbons (Fsp3) is 0.786. The van der Waals surface area contributed by atoms with Gasteiger partial charge in [-0.3, -0.25) is 0 Å². The summed E-state index contributed by atoms with van der Waals surface area (Å²) in [6.45, 7) is 8.05. The maximum Gasteiger partial charge on any atom is 0.210 e. The van der Waals surface area contributed by atoms with Crippen LogP contribution >= 0.6 is 0 Å². The molecule has 5 heteroatoms. The monoisotopic (exact) mass is 455 g/mol. The number of hydrogen-bond acceptors (Lipinski definition) is 5. The highest BCUT2D eigenvalue weighted by Crippen LogP contribution is 2.64. The van der Waals surface area contributed by atoms with Gasteiger partial charge in [-0.25, -0.2) is 0 Å². The molecule has 0 atom stereocenters. The Kier molecular flexibility index (Phi) is 5.56. The second kappa shape index (κ2) is 8.22. The van der Waals surface area contributed by atoms with Gasteiger partial charge in [-0.2, -0.15) is 9.78 Å². The summed E-state index contributed by atoms with van der Waals surface area (Å²) in [4.78, 5) is 12.3. The van der Waals surface area contributed by atoms with Crippen LogP contribution in [0.25, 0.3) is 0 Å². The van der Waals surface area contributed by atoms with Gasteiger partial charge in [0.05, 0.1) is 0 Å². The van der Waals surface area contributed by atoms with E-state index in [0.717, 1.165) is 49.8 Å². The van der Waals surface area contributed by atoms with Crippen molar-refractivity contribution in [1.29, 1.82) is 0 Å². The van der Waals surface area contributed by atoms with Gasteiger partial charge in [0, 0.05) is 36.8 Å². The van der Waals surface area contributed by atoms with Gasteiger partial charge in [-0.1, -0.05) is 12.1 Å². The van der Waals surface area contributed by atoms with Crippen LogP contribution in [0.3, 0.4) is 0 Å². The topological polar surface area (TPSA) is 49.0 Å². The van der Waals surface area contributed by atoms with Crippen LogP contribution in [0, 0.1) is 23.7 Å². The number of benzene rings is 1. The fourth-order valence-electron chi connectivity index (χ4n) is 7.62. The van der Waals surface area contributed by atoms with Gasteiger partial charge in [0.2, 0.25) is 11.6 Å². The van der Waals surface area contributed by atoms with E-state index in [2.05, 4.69) is 50.4 Å². The Morgan fingerprint density at radius 2 is 1.55 bits per heavy atom. The summed E-state index contributed by atoms with van der Waals surface area (Å²) < 4.78 is 12.8. The van der Waals surface area contributed by atoms with E-state index in [4.69, 9.17) is 19.2 Å². The van der Waals surface area contributed by atoms with Crippen LogP contribution in [-0.4, -0.2) is 30.3 Å². The van der Waals surface area contributed by atoms with Gasteiger partial charge < -0.3 is 14.8 Å². The molecule has 4 bridgehead atoms. The molecule has 1 saturated heterocycles. The van der Waals surface area contributed by atoms with Crippen LogP contribution in [0.2, 0.25) is 0 Å². The predicted octanol–water partition coefficient (Wildman–Crippen LogP) is 5.94. The molecule has 5 saturated carbocycles. The molecule has 7 rings (SSSR count). The maximum atomic E-state index is 6.87. The first kappa shape index (κ1) is 22.3. The Bertz CT molecular complexity index is 808. The molecule has 0 radical (unpaired) electrons. The minimum absolute atomic E-state index is 0.124. The Morgan fingerprint density at radius 3 is 2.15 bits per heavy atom. The van der Waals surface area contributed by atoms with Crippen molar-refractivity contribution in [1.82, 2.24) is 5.32 Å². The maximum absolute atomic E-state index is 6.87. The molecule has 182 valence electrons. The molecular weight excluding hydrogens is 414 g/mol. The van der Waals surface area contributed by atoms with E-state index in [9.17, 15) is 0 Å². The summed E-state index contributed by atoms with van der Waals surface area (Å²) in [7, 11) is 0. The van der Waals surface area contributed by atoms with E-state index in [1.54, 1.807) is 0 Å². The second-order valence-corrected chi connectivity index (χ2v) is 12.6. The Balaban J connectivity index is 1.03.